The molecule has 4 rings (SSSR count). The van der Waals surface area contributed by atoms with Gasteiger partial charge in [-0.2, -0.15) is 35.9 Å². The Morgan fingerprint density at radius 3 is 1.61 bits per heavy atom. The van der Waals surface area contributed by atoms with Crippen molar-refractivity contribution in [3.8, 4) is 0 Å². The summed E-state index contributed by atoms with van der Waals surface area (Å²) in [6.45, 7) is 6.60. The van der Waals surface area contributed by atoms with E-state index in [0.29, 0.717) is 5.92 Å². The first-order valence-corrected chi connectivity index (χ1v) is 9.68. The second-order valence-electron chi connectivity index (χ2n) is 7.18. The van der Waals surface area contributed by atoms with Gasteiger partial charge in [-0.05, 0) is 37.5 Å². The predicted octanol–water partition coefficient (Wildman–Crippen LogP) is 0.640. The molecule has 1 aliphatic rings. The standard InChI is InChI=1S/C14H15.C13H12O.2ClH.Ti/c1-10-9-14(12(3)11(10)2)13-7-5-4-6-8-13;14-13(11-7-3-1-4-8-11)12-9-5-2-6-10-12;;;/h4-7,9,14H,1-3H3;1-10,13-14H;2*1H;/q-1;;;;+3/p-2. The molecule has 0 bridgehead atoms. The fourth-order valence-electron chi connectivity index (χ4n) is 3.43. The molecule has 3 aromatic rings. The van der Waals surface area contributed by atoms with Crippen molar-refractivity contribution in [3.63, 3.8) is 0 Å². The van der Waals surface area contributed by atoms with E-state index >= 15 is 0 Å². The zero-order chi connectivity index (χ0) is 19.9. The van der Waals surface area contributed by atoms with E-state index in [0.717, 1.165) is 11.1 Å². The van der Waals surface area contributed by atoms with Crippen molar-refractivity contribution in [1.82, 2.24) is 0 Å². The maximum absolute atomic E-state index is 9.99. The third-order valence-electron chi connectivity index (χ3n) is 5.36. The third-order valence-corrected chi connectivity index (χ3v) is 5.36. The van der Waals surface area contributed by atoms with Crippen molar-refractivity contribution in [2.75, 3.05) is 0 Å². The topological polar surface area (TPSA) is 20.2 Å². The molecule has 4 heteroatoms. The van der Waals surface area contributed by atoms with Gasteiger partial charge in [0.25, 0.3) is 0 Å². The molecule has 0 aromatic heterocycles. The van der Waals surface area contributed by atoms with Crippen LogP contribution in [0, 0.1) is 6.07 Å². The number of rotatable bonds is 3. The molecule has 1 unspecified atom stereocenters. The van der Waals surface area contributed by atoms with Gasteiger partial charge in [0.1, 0.15) is 6.10 Å². The van der Waals surface area contributed by atoms with Crippen LogP contribution in [-0.4, -0.2) is 5.11 Å². The molecule has 0 aliphatic heterocycles. The van der Waals surface area contributed by atoms with Crippen LogP contribution in [0.3, 0.4) is 0 Å². The summed E-state index contributed by atoms with van der Waals surface area (Å²) in [6.07, 6.45) is 1.81. The van der Waals surface area contributed by atoms with E-state index in [2.05, 4.69) is 45.0 Å². The Bertz CT molecular complexity index is 915. The van der Waals surface area contributed by atoms with Gasteiger partial charge >= 0.3 is 21.7 Å². The zero-order valence-electron chi connectivity index (χ0n) is 18.0. The van der Waals surface area contributed by atoms with E-state index < -0.39 is 6.10 Å². The Balaban J connectivity index is 0.000000529. The predicted molar refractivity (Wildman–Crippen MR) is 117 cm³/mol. The minimum atomic E-state index is -0.516. The van der Waals surface area contributed by atoms with Crippen molar-refractivity contribution in [1.29, 1.82) is 0 Å². The first-order chi connectivity index (χ1) is 13.6. The molecule has 3 aromatic carbocycles. The summed E-state index contributed by atoms with van der Waals surface area (Å²) >= 11 is 0. The number of benzene rings is 3. The molecule has 0 heterocycles. The van der Waals surface area contributed by atoms with E-state index in [1.165, 1.54) is 22.3 Å². The molecule has 0 saturated carbocycles. The average Bonchev–Trinajstić information content (AvgIpc) is 3.03. The fraction of sp³-hybridized carbons (Fsp3) is 0.185. The molecule has 1 atom stereocenters. The van der Waals surface area contributed by atoms with Gasteiger partial charge < -0.3 is 29.9 Å². The van der Waals surface area contributed by atoms with E-state index in [1.807, 2.05) is 72.8 Å². The third kappa shape index (κ3) is 7.79. The summed E-state index contributed by atoms with van der Waals surface area (Å²) in [4.78, 5) is 0. The van der Waals surface area contributed by atoms with Crippen LogP contribution in [0.2, 0.25) is 0 Å². The quantitative estimate of drug-likeness (QED) is 0.426. The molecule has 1 N–H and O–H groups in total. The van der Waals surface area contributed by atoms with Gasteiger partial charge in [-0.1, -0.05) is 77.9 Å². The molecule has 0 spiro atoms. The average molecular weight is 486 g/mol. The smallest absolute Gasteiger partial charge is 1.00 e. The second kappa shape index (κ2) is 14.5. The van der Waals surface area contributed by atoms with E-state index in [-0.39, 0.29) is 46.5 Å². The van der Waals surface area contributed by atoms with Crippen molar-refractivity contribution < 1.29 is 51.6 Å². The molecule has 0 amide bonds. The molecule has 0 saturated heterocycles. The van der Waals surface area contributed by atoms with Crippen molar-refractivity contribution in [2.45, 2.75) is 32.8 Å². The molecular formula is C27H27Cl2OTi. The Morgan fingerprint density at radius 2 is 1.23 bits per heavy atom. The Morgan fingerprint density at radius 1 is 0.742 bits per heavy atom. The molecular weight excluding hydrogens is 459 g/mol. The minimum Gasteiger partial charge on any atom is -1.00 e. The van der Waals surface area contributed by atoms with Crippen molar-refractivity contribution in [3.05, 3.63) is 130 Å². The molecule has 1 aliphatic carbocycles. The maximum Gasteiger partial charge on any atom is 3.00 e. The molecule has 31 heavy (non-hydrogen) atoms. The number of allylic oxidation sites excluding steroid dienone is 4. The summed E-state index contributed by atoms with van der Waals surface area (Å²) in [6, 6.07) is 30.9. The first-order valence-electron chi connectivity index (χ1n) is 9.68. The van der Waals surface area contributed by atoms with Crippen LogP contribution in [0.5, 0.6) is 0 Å². The van der Waals surface area contributed by atoms with Crippen LogP contribution in [0.15, 0.2) is 108 Å². The van der Waals surface area contributed by atoms with Gasteiger partial charge in [0.2, 0.25) is 0 Å². The number of hydrogen-bond donors (Lipinski definition) is 1. The number of aliphatic hydroxyl groups is 1. The number of hydrogen-bond acceptors (Lipinski definition) is 1. The molecule has 159 valence electrons. The summed E-state index contributed by atoms with van der Waals surface area (Å²) in [5.41, 5.74) is 7.44. The molecule has 0 fully saturated rings. The van der Waals surface area contributed by atoms with Gasteiger partial charge in [0.05, 0.1) is 0 Å². The van der Waals surface area contributed by atoms with Crippen molar-refractivity contribution >= 4 is 0 Å². The largest absolute Gasteiger partial charge is 3.00 e. The van der Waals surface area contributed by atoms with Crippen LogP contribution >= 0.6 is 0 Å². The van der Waals surface area contributed by atoms with Gasteiger partial charge in [0.15, 0.2) is 0 Å². The van der Waals surface area contributed by atoms with E-state index in [9.17, 15) is 5.11 Å². The van der Waals surface area contributed by atoms with Crippen LogP contribution in [0.25, 0.3) is 0 Å². The fourth-order valence-corrected chi connectivity index (χ4v) is 3.43. The summed E-state index contributed by atoms with van der Waals surface area (Å²) in [5, 5.41) is 9.99. The van der Waals surface area contributed by atoms with Gasteiger partial charge in [-0.3, -0.25) is 0 Å². The Kier molecular flexibility index (Phi) is 13.7. The Hall–Kier alpha value is -1.61. The van der Waals surface area contributed by atoms with Crippen LogP contribution < -0.4 is 24.8 Å². The van der Waals surface area contributed by atoms with Gasteiger partial charge in [-0.15, -0.1) is 0 Å². The van der Waals surface area contributed by atoms with Crippen LogP contribution in [0.1, 0.15) is 49.5 Å². The molecule has 1 nitrogen and oxygen atoms in total. The van der Waals surface area contributed by atoms with Crippen LogP contribution in [-0.2, 0) is 21.7 Å². The zero-order valence-corrected chi connectivity index (χ0v) is 21.1. The summed E-state index contributed by atoms with van der Waals surface area (Å²) in [5.74, 6) is 0.455. The Labute approximate surface area is 214 Å². The van der Waals surface area contributed by atoms with E-state index in [1.54, 1.807) is 0 Å². The van der Waals surface area contributed by atoms with E-state index in [4.69, 9.17) is 0 Å². The van der Waals surface area contributed by atoms with Crippen molar-refractivity contribution in [2.24, 2.45) is 0 Å². The van der Waals surface area contributed by atoms with Gasteiger partial charge in [0, 0.05) is 5.92 Å². The number of halogens is 2. The number of aliphatic hydroxyl groups excluding tert-OH is 1. The summed E-state index contributed by atoms with van der Waals surface area (Å²) in [7, 11) is 0. The monoisotopic (exact) mass is 485 g/mol. The summed E-state index contributed by atoms with van der Waals surface area (Å²) < 4.78 is 0. The normalized spacial score (nSPS) is 14.4. The molecule has 1 radical (unpaired) electrons. The maximum atomic E-state index is 9.99. The minimum absolute atomic E-state index is 0. The van der Waals surface area contributed by atoms with Crippen LogP contribution in [0.4, 0.5) is 0 Å². The second-order valence-corrected chi connectivity index (χ2v) is 7.18. The van der Waals surface area contributed by atoms with Gasteiger partial charge in [-0.25, -0.2) is 0 Å². The SMILES string of the molecule is CC1=CC(c2[c-]cccc2)C(C)=C1C.OC(c1ccccc1)c1ccccc1.[Cl-].[Cl-].[Ti+3]. The first kappa shape index (κ1) is 29.4.